The predicted molar refractivity (Wildman–Crippen MR) is 74.6 cm³/mol. The van der Waals surface area contributed by atoms with Crippen molar-refractivity contribution < 1.29 is 13.5 Å². The molecule has 0 amide bonds. The third kappa shape index (κ3) is 3.44. The molecule has 4 N–H and O–H groups in total. The Hall–Kier alpha value is -0.630. The number of halogens is 1. The first kappa shape index (κ1) is 15.4. The third-order valence-electron chi connectivity index (χ3n) is 2.69. The molecule has 18 heavy (non-hydrogen) atoms. The van der Waals surface area contributed by atoms with Crippen molar-refractivity contribution in [2.75, 3.05) is 5.73 Å². The van der Waals surface area contributed by atoms with Crippen LogP contribution in [0.15, 0.2) is 27.6 Å². The molecule has 0 saturated carbocycles. The summed E-state index contributed by atoms with van der Waals surface area (Å²) in [6, 6.07) is 4.44. The van der Waals surface area contributed by atoms with E-state index in [0.29, 0.717) is 10.2 Å². The Morgan fingerprint density at radius 3 is 2.44 bits per heavy atom. The molecule has 0 heterocycles. The van der Waals surface area contributed by atoms with Crippen molar-refractivity contribution in [2.24, 2.45) is 0 Å². The molecule has 0 fully saturated rings. The molecule has 0 aliphatic carbocycles. The number of nitrogens with one attached hydrogen (secondary N) is 1. The maximum atomic E-state index is 12.2. The van der Waals surface area contributed by atoms with E-state index in [1.165, 1.54) is 25.1 Å². The molecule has 7 heteroatoms. The van der Waals surface area contributed by atoms with Gasteiger partial charge in [0.25, 0.3) is 0 Å². The van der Waals surface area contributed by atoms with Gasteiger partial charge in [-0.05, 0) is 54.9 Å². The van der Waals surface area contributed by atoms with Crippen molar-refractivity contribution >= 4 is 31.6 Å². The lowest BCUT2D eigenvalue weighted by molar-refractivity contribution is 0.111. The third-order valence-corrected chi connectivity index (χ3v) is 5.34. The number of hydrogen-bond acceptors (Lipinski definition) is 4. The molecule has 0 bridgehead atoms. The second-order valence-corrected chi connectivity index (χ2v) is 7.20. The number of benzene rings is 1. The summed E-state index contributed by atoms with van der Waals surface area (Å²) in [5.74, 6) is 0. The molecule has 1 atom stereocenters. The molecule has 0 aliphatic heterocycles. The Labute approximate surface area is 116 Å². The maximum Gasteiger partial charge on any atom is 0.242 e. The number of rotatable bonds is 4. The number of anilines is 1. The second kappa shape index (κ2) is 5.16. The summed E-state index contributed by atoms with van der Waals surface area (Å²) < 4.78 is 27.2. The van der Waals surface area contributed by atoms with Crippen LogP contribution < -0.4 is 10.5 Å². The lowest BCUT2D eigenvalue weighted by Gasteiger charge is -2.29. The monoisotopic (exact) mass is 336 g/mol. The first-order valence-corrected chi connectivity index (χ1v) is 7.61. The number of nitrogens with two attached hydrogens (primary N) is 1. The first-order chi connectivity index (χ1) is 8.06. The average molecular weight is 337 g/mol. The van der Waals surface area contributed by atoms with Crippen LogP contribution in [-0.4, -0.2) is 25.2 Å². The smallest absolute Gasteiger partial charge is 0.242 e. The highest BCUT2D eigenvalue weighted by atomic mass is 79.9. The van der Waals surface area contributed by atoms with Gasteiger partial charge < -0.3 is 10.8 Å². The van der Waals surface area contributed by atoms with Gasteiger partial charge in [-0.2, -0.15) is 0 Å². The van der Waals surface area contributed by atoms with Crippen LogP contribution in [0.4, 0.5) is 5.69 Å². The quantitative estimate of drug-likeness (QED) is 0.726. The van der Waals surface area contributed by atoms with Crippen LogP contribution in [0.25, 0.3) is 0 Å². The lowest BCUT2D eigenvalue weighted by Crippen LogP contribution is -2.50. The molecule has 1 unspecified atom stereocenters. The Morgan fingerprint density at radius 2 is 2.00 bits per heavy atom. The van der Waals surface area contributed by atoms with Gasteiger partial charge in [-0.25, -0.2) is 13.1 Å². The fourth-order valence-electron chi connectivity index (χ4n) is 1.22. The van der Waals surface area contributed by atoms with Crippen molar-refractivity contribution in [1.29, 1.82) is 0 Å². The minimum atomic E-state index is -3.72. The standard InChI is InChI=1S/C11H17BrN2O3S/c1-7(15)11(2,3)14-18(16,17)10-5-4-8(13)6-9(10)12/h4-7,14-15H,13H2,1-3H3. The van der Waals surface area contributed by atoms with Gasteiger partial charge in [0.1, 0.15) is 0 Å². The second-order valence-electron chi connectivity index (χ2n) is 4.69. The van der Waals surface area contributed by atoms with E-state index in [1.54, 1.807) is 13.8 Å². The molecule has 0 radical (unpaired) electrons. The molecule has 5 nitrogen and oxygen atoms in total. The number of nitrogen functional groups attached to an aromatic ring is 1. The van der Waals surface area contributed by atoms with E-state index >= 15 is 0 Å². The maximum absolute atomic E-state index is 12.2. The van der Waals surface area contributed by atoms with Crippen LogP contribution in [0.3, 0.4) is 0 Å². The van der Waals surface area contributed by atoms with Gasteiger partial charge in [0.15, 0.2) is 0 Å². The minimum Gasteiger partial charge on any atom is -0.399 e. The van der Waals surface area contributed by atoms with Crippen LogP contribution in [0.5, 0.6) is 0 Å². The molecule has 1 aromatic rings. The van der Waals surface area contributed by atoms with Gasteiger partial charge in [-0.3, -0.25) is 0 Å². The minimum absolute atomic E-state index is 0.0884. The largest absolute Gasteiger partial charge is 0.399 e. The molecule has 1 rings (SSSR count). The summed E-state index contributed by atoms with van der Waals surface area (Å²) in [4.78, 5) is 0.0884. The molecule has 1 aromatic carbocycles. The SMILES string of the molecule is CC(O)C(C)(C)NS(=O)(=O)c1ccc(N)cc1Br. The zero-order valence-corrected chi connectivity index (χ0v) is 12.8. The Kier molecular flexibility index (Phi) is 4.42. The van der Waals surface area contributed by atoms with E-state index in [4.69, 9.17) is 5.73 Å². The van der Waals surface area contributed by atoms with Crippen LogP contribution in [0.1, 0.15) is 20.8 Å². The number of aliphatic hydroxyl groups is 1. The van der Waals surface area contributed by atoms with Gasteiger partial charge in [0.05, 0.1) is 16.5 Å². The topological polar surface area (TPSA) is 92.4 Å². The van der Waals surface area contributed by atoms with Crippen LogP contribution >= 0.6 is 15.9 Å². The van der Waals surface area contributed by atoms with E-state index in [2.05, 4.69) is 20.7 Å². The van der Waals surface area contributed by atoms with Gasteiger partial charge >= 0.3 is 0 Å². The molecule has 0 aromatic heterocycles. The Balaban J connectivity index is 3.15. The van der Waals surface area contributed by atoms with E-state index in [1.807, 2.05) is 0 Å². The van der Waals surface area contributed by atoms with Gasteiger partial charge in [-0.15, -0.1) is 0 Å². The summed E-state index contributed by atoms with van der Waals surface area (Å²) in [5.41, 5.74) is 5.07. The molecular weight excluding hydrogens is 320 g/mol. The van der Waals surface area contributed by atoms with Crippen molar-refractivity contribution in [3.63, 3.8) is 0 Å². The fourth-order valence-corrected chi connectivity index (χ4v) is 3.79. The summed E-state index contributed by atoms with van der Waals surface area (Å²) in [6.07, 6.45) is -0.820. The van der Waals surface area contributed by atoms with Crippen LogP contribution in [-0.2, 0) is 10.0 Å². The van der Waals surface area contributed by atoms with Crippen molar-refractivity contribution in [2.45, 2.75) is 37.3 Å². The summed E-state index contributed by atoms with van der Waals surface area (Å²) in [5, 5.41) is 9.55. The summed E-state index contributed by atoms with van der Waals surface area (Å²) in [6.45, 7) is 4.75. The molecule has 0 spiro atoms. The highest BCUT2D eigenvalue weighted by Gasteiger charge is 2.31. The van der Waals surface area contributed by atoms with Crippen LogP contribution in [0, 0.1) is 0 Å². The van der Waals surface area contributed by atoms with Gasteiger partial charge in [0, 0.05) is 10.2 Å². The van der Waals surface area contributed by atoms with Gasteiger partial charge in [-0.1, -0.05) is 0 Å². The zero-order valence-electron chi connectivity index (χ0n) is 10.4. The van der Waals surface area contributed by atoms with Crippen molar-refractivity contribution in [3.05, 3.63) is 22.7 Å². The van der Waals surface area contributed by atoms with Crippen molar-refractivity contribution in [3.8, 4) is 0 Å². The molecule has 0 saturated heterocycles. The number of hydrogen-bond donors (Lipinski definition) is 3. The Morgan fingerprint density at radius 1 is 1.44 bits per heavy atom. The van der Waals surface area contributed by atoms with E-state index < -0.39 is 21.7 Å². The number of aliphatic hydroxyl groups excluding tert-OH is 1. The van der Waals surface area contributed by atoms with Crippen molar-refractivity contribution in [1.82, 2.24) is 4.72 Å². The molecule has 0 aliphatic rings. The summed E-state index contributed by atoms with van der Waals surface area (Å²) in [7, 11) is -3.72. The lowest BCUT2D eigenvalue weighted by atomic mass is 10.0. The molecule has 102 valence electrons. The van der Waals surface area contributed by atoms with Crippen LogP contribution in [0.2, 0.25) is 0 Å². The van der Waals surface area contributed by atoms with E-state index in [9.17, 15) is 13.5 Å². The highest BCUT2D eigenvalue weighted by Crippen LogP contribution is 2.25. The molecular formula is C11H17BrN2O3S. The Bertz CT molecular complexity index is 541. The zero-order chi connectivity index (χ0) is 14.1. The van der Waals surface area contributed by atoms with E-state index in [0.717, 1.165) is 0 Å². The van der Waals surface area contributed by atoms with E-state index in [-0.39, 0.29) is 4.90 Å². The fraction of sp³-hybridized carbons (Fsp3) is 0.455. The number of sulfonamides is 1. The average Bonchev–Trinajstić information content (AvgIpc) is 2.14. The first-order valence-electron chi connectivity index (χ1n) is 5.33. The summed E-state index contributed by atoms with van der Waals surface area (Å²) >= 11 is 3.17. The normalized spacial score (nSPS) is 14.5. The van der Waals surface area contributed by atoms with Gasteiger partial charge in [0.2, 0.25) is 10.0 Å². The predicted octanol–water partition coefficient (Wildman–Crippen LogP) is 1.47. The highest BCUT2D eigenvalue weighted by molar-refractivity contribution is 9.10.